The van der Waals surface area contributed by atoms with Gasteiger partial charge in [0.25, 0.3) is 0 Å². The molecule has 0 amide bonds. The maximum absolute atomic E-state index is 9.50. The van der Waals surface area contributed by atoms with Gasteiger partial charge in [-0.25, -0.2) is 4.98 Å². The van der Waals surface area contributed by atoms with Gasteiger partial charge < -0.3 is 10.1 Å². The Labute approximate surface area is 105 Å². The molecular formula is C13H16N2OS. The van der Waals surface area contributed by atoms with Gasteiger partial charge in [0.1, 0.15) is 5.82 Å². The van der Waals surface area contributed by atoms with Crippen LogP contribution < -0.4 is 0 Å². The molecule has 1 saturated carbocycles. The second kappa shape index (κ2) is 4.63. The molecule has 3 nitrogen and oxygen atoms in total. The van der Waals surface area contributed by atoms with Gasteiger partial charge in [-0.2, -0.15) is 0 Å². The van der Waals surface area contributed by atoms with Crippen molar-refractivity contribution < 1.29 is 5.11 Å². The number of hydrogen-bond acceptors (Lipinski definition) is 3. The van der Waals surface area contributed by atoms with E-state index in [4.69, 9.17) is 0 Å². The minimum atomic E-state index is -0.0991. The van der Waals surface area contributed by atoms with E-state index in [1.165, 1.54) is 4.88 Å². The number of H-pyrrole nitrogens is 1. The third kappa shape index (κ3) is 2.28. The second-order valence-corrected chi connectivity index (χ2v) is 5.61. The fourth-order valence-corrected chi connectivity index (χ4v) is 3.14. The number of imidazole rings is 1. The Morgan fingerprint density at radius 3 is 2.82 bits per heavy atom. The molecule has 0 bridgehead atoms. The molecular weight excluding hydrogens is 232 g/mol. The molecule has 0 unspecified atom stereocenters. The number of aromatic nitrogens is 2. The second-order valence-electron chi connectivity index (χ2n) is 4.66. The van der Waals surface area contributed by atoms with Crippen LogP contribution in [0.5, 0.6) is 0 Å². The first-order valence-electron chi connectivity index (χ1n) is 6.10. The van der Waals surface area contributed by atoms with E-state index in [9.17, 15) is 5.11 Å². The standard InChI is InChI=1S/C13H16N2OS/c16-10-5-3-9(4-6-10)13-14-8-11(15-13)12-2-1-7-17-12/h1-2,7-10,16H,3-6H2,(H,14,15). The van der Waals surface area contributed by atoms with Gasteiger partial charge in [0.05, 0.1) is 22.9 Å². The van der Waals surface area contributed by atoms with Crippen molar-refractivity contribution in [2.75, 3.05) is 0 Å². The van der Waals surface area contributed by atoms with Crippen molar-refractivity contribution in [1.82, 2.24) is 9.97 Å². The lowest BCUT2D eigenvalue weighted by atomic mass is 9.87. The molecule has 0 aromatic carbocycles. The Balaban J connectivity index is 1.76. The number of aliphatic hydroxyl groups is 1. The number of aliphatic hydroxyl groups excluding tert-OH is 1. The van der Waals surface area contributed by atoms with Crippen molar-refractivity contribution in [3.05, 3.63) is 29.5 Å². The number of rotatable bonds is 2. The predicted octanol–water partition coefficient (Wildman–Crippen LogP) is 3.16. The van der Waals surface area contributed by atoms with Crippen LogP contribution in [-0.4, -0.2) is 21.2 Å². The summed E-state index contributed by atoms with van der Waals surface area (Å²) in [6, 6.07) is 4.16. The van der Waals surface area contributed by atoms with Crippen molar-refractivity contribution in [1.29, 1.82) is 0 Å². The van der Waals surface area contributed by atoms with Crippen LogP contribution >= 0.6 is 11.3 Å². The highest BCUT2D eigenvalue weighted by Crippen LogP contribution is 2.32. The summed E-state index contributed by atoms with van der Waals surface area (Å²) in [4.78, 5) is 9.14. The molecule has 4 heteroatoms. The quantitative estimate of drug-likeness (QED) is 0.857. The molecule has 0 spiro atoms. The summed E-state index contributed by atoms with van der Waals surface area (Å²) >= 11 is 1.73. The number of nitrogens with zero attached hydrogens (tertiary/aromatic N) is 1. The zero-order valence-corrected chi connectivity index (χ0v) is 10.4. The lowest BCUT2D eigenvalue weighted by Crippen LogP contribution is -2.17. The van der Waals surface area contributed by atoms with E-state index >= 15 is 0 Å². The molecule has 0 radical (unpaired) electrons. The molecule has 2 aromatic heterocycles. The third-order valence-corrected chi connectivity index (χ3v) is 4.37. The highest BCUT2D eigenvalue weighted by Gasteiger charge is 2.23. The average Bonchev–Trinajstić information content (AvgIpc) is 3.00. The Bertz CT molecular complexity index is 469. The molecule has 17 heavy (non-hydrogen) atoms. The Morgan fingerprint density at radius 1 is 1.29 bits per heavy atom. The fourth-order valence-electron chi connectivity index (χ4n) is 2.45. The SMILES string of the molecule is OC1CCC(c2ncc(-c3cccs3)[nH]2)CC1. The van der Waals surface area contributed by atoms with Crippen LogP contribution in [0.4, 0.5) is 0 Å². The first-order chi connectivity index (χ1) is 8.33. The fraction of sp³-hybridized carbons (Fsp3) is 0.462. The zero-order valence-electron chi connectivity index (χ0n) is 9.60. The monoisotopic (exact) mass is 248 g/mol. The third-order valence-electron chi connectivity index (χ3n) is 3.47. The molecule has 2 aromatic rings. The van der Waals surface area contributed by atoms with E-state index in [1.807, 2.05) is 6.20 Å². The topological polar surface area (TPSA) is 48.9 Å². The molecule has 0 saturated heterocycles. The smallest absolute Gasteiger partial charge is 0.109 e. The van der Waals surface area contributed by atoms with E-state index in [-0.39, 0.29) is 6.10 Å². The maximum atomic E-state index is 9.50. The van der Waals surface area contributed by atoms with Crippen LogP contribution in [0.1, 0.15) is 37.4 Å². The summed E-state index contributed by atoms with van der Waals surface area (Å²) in [5.74, 6) is 1.58. The first-order valence-corrected chi connectivity index (χ1v) is 6.98. The van der Waals surface area contributed by atoms with Crippen molar-refractivity contribution in [3.8, 4) is 10.6 Å². The number of nitrogens with one attached hydrogen (secondary N) is 1. The summed E-state index contributed by atoms with van der Waals surface area (Å²) < 4.78 is 0. The molecule has 90 valence electrons. The molecule has 2 N–H and O–H groups in total. The van der Waals surface area contributed by atoms with Gasteiger partial charge in [0.2, 0.25) is 0 Å². The molecule has 2 heterocycles. The van der Waals surface area contributed by atoms with Gasteiger partial charge >= 0.3 is 0 Å². The van der Waals surface area contributed by atoms with Gasteiger partial charge in [-0.15, -0.1) is 11.3 Å². The lowest BCUT2D eigenvalue weighted by Gasteiger charge is -2.23. The Hall–Kier alpha value is -1.13. The van der Waals surface area contributed by atoms with Crippen LogP contribution in [0.15, 0.2) is 23.7 Å². The molecule has 1 aliphatic rings. The summed E-state index contributed by atoms with van der Waals surface area (Å²) in [7, 11) is 0. The average molecular weight is 248 g/mol. The van der Waals surface area contributed by atoms with Gasteiger partial charge in [-0.3, -0.25) is 0 Å². The highest BCUT2D eigenvalue weighted by molar-refractivity contribution is 7.13. The minimum absolute atomic E-state index is 0.0991. The van der Waals surface area contributed by atoms with Crippen molar-refractivity contribution in [2.24, 2.45) is 0 Å². The van der Waals surface area contributed by atoms with E-state index < -0.39 is 0 Å². The summed E-state index contributed by atoms with van der Waals surface area (Å²) in [5, 5.41) is 11.6. The summed E-state index contributed by atoms with van der Waals surface area (Å²) in [6.07, 6.45) is 5.71. The molecule has 1 fully saturated rings. The largest absolute Gasteiger partial charge is 0.393 e. The van der Waals surface area contributed by atoms with E-state index in [0.717, 1.165) is 37.2 Å². The summed E-state index contributed by atoms with van der Waals surface area (Å²) in [6.45, 7) is 0. The normalized spacial score (nSPS) is 25.0. The predicted molar refractivity (Wildman–Crippen MR) is 69.1 cm³/mol. The first kappa shape index (κ1) is 11.0. The Morgan fingerprint density at radius 2 is 2.12 bits per heavy atom. The molecule has 0 atom stereocenters. The van der Waals surface area contributed by atoms with Crippen LogP contribution in [0, 0.1) is 0 Å². The van der Waals surface area contributed by atoms with Crippen LogP contribution in [0.25, 0.3) is 10.6 Å². The lowest BCUT2D eigenvalue weighted by molar-refractivity contribution is 0.121. The highest BCUT2D eigenvalue weighted by atomic mass is 32.1. The van der Waals surface area contributed by atoms with E-state index in [2.05, 4.69) is 27.5 Å². The van der Waals surface area contributed by atoms with Crippen molar-refractivity contribution >= 4 is 11.3 Å². The molecule has 3 rings (SSSR count). The van der Waals surface area contributed by atoms with Crippen LogP contribution in [0.3, 0.4) is 0 Å². The number of aromatic amines is 1. The zero-order chi connectivity index (χ0) is 11.7. The number of hydrogen-bond donors (Lipinski definition) is 2. The van der Waals surface area contributed by atoms with Gasteiger partial charge in [0.15, 0.2) is 0 Å². The molecule has 0 aliphatic heterocycles. The van der Waals surface area contributed by atoms with Crippen molar-refractivity contribution in [3.63, 3.8) is 0 Å². The maximum Gasteiger partial charge on any atom is 0.109 e. The van der Waals surface area contributed by atoms with Gasteiger partial charge in [-0.1, -0.05) is 6.07 Å². The van der Waals surface area contributed by atoms with Crippen LogP contribution in [-0.2, 0) is 0 Å². The number of thiophene rings is 1. The molecule has 1 aliphatic carbocycles. The van der Waals surface area contributed by atoms with E-state index in [0.29, 0.717) is 5.92 Å². The van der Waals surface area contributed by atoms with E-state index in [1.54, 1.807) is 11.3 Å². The van der Waals surface area contributed by atoms with Crippen LogP contribution in [0.2, 0.25) is 0 Å². The van der Waals surface area contributed by atoms with Gasteiger partial charge in [-0.05, 0) is 37.1 Å². The minimum Gasteiger partial charge on any atom is -0.393 e. The Kier molecular flexibility index (Phi) is 2.99. The van der Waals surface area contributed by atoms with Gasteiger partial charge in [0, 0.05) is 5.92 Å². The summed E-state index contributed by atoms with van der Waals surface area (Å²) in [5.41, 5.74) is 1.11. The van der Waals surface area contributed by atoms with Crippen molar-refractivity contribution in [2.45, 2.75) is 37.7 Å².